The normalized spacial score (nSPS) is 20.2. The molecule has 0 fully saturated rings. The topological polar surface area (TPSA) is 64.6 Å². The Hall–Kier alpha value is -2.86. The van der Waals surface area contributed by atoms with Gasteiger partial charge in [-0.3, -0.25) is 4.79 Å². The van der Waals surface area contributed by atoms with Crippen LogP contribution in [0.3, 0.4) is 0 Å². The summed E-state index contributed by atoms with van der Waals surface area (Å²) in [7, 11) is 1.61. The van der Waals surface area contributed by atoms with E-state index in [1.54, 1.807) is 7.11 Å². The molecule has 1 N–H and O–H groups in total. The van der Waals surface area contributed by atoms with Crippen molar-refractivity contribution in [3.63, 3.8) is 0 Å². The number of hydrogen-bond acceptors (Lipinski definition) is 5. The first kappa shape index (κ1) is 24.3. The fourth-order valence-corrected chi connectivity index (χ4v) is 5.34. The molecule has 2 aromatic carbocycles. The molecule has 0 saturated carbocycles. The van der Waals surface area contributed by atoms with E-state index in [9.17, 15) is 9.59 Å². The van der Waals surface area contributed by atoms with Gasteiger partial charge in [-0.25, -0.2) is 4.79 Å². The molecule has 0 radical (unpaired) electrons. The third kappa shape index (κ3) is 4.83. The van der Waals surface area contributed by atoms with Gasteiger partial charge in [-0.05, 0) is 64.4 Å². The summed E-state index contributed by atoms with van der Waals surface area (Å²) in [6, 6.07) is 15.8. The van der Waals surface area contributed by atoms with Crippen LogP contribution in [0.2, 0.25) is 0 Å². The van der Waals surface area contributed by atoms with Gasteiger partial charge in [-0.1, -0.05) is 50.2 Å². The van der Waals surface area contributed by atoms with Gasteiger partial charge in [0.2, 0.25) is 0 Å². The summed E-state index contributed by atoms with van der Waals surface area (Å²) in [5.74, 6) is 0.178. The Kier molecular flexibility index (Phi) is 7.27. The van der Waals surface area contributed by atoms with E-state index in [-0.39, 0.29) is 23.6 Å². The van der Waals surface area contributed by atoms with Gasteiger partial charge in [0.15, 0.2) is 5.78 Å². The zero-order chi connectivity index (χ0) is 24.4. The first-order valence-electron chi connectivity index (χ1n) is 11.6. The molecule has 2 aromatic rings. The van der Waals surface area contributed by atoms with Crippen molar-refractivity contribution in [1.82, 2.24) is 5.32 Å². The van der Waals surface area contributed by atoms with Crippen LogP contribution in [0.15, 0.2) is 75.5 Å². The summed E-state index contributed by atoms with van der Waals surface area (Å²) in [5.41, 5.74) is 4.76. The van der Waals surface area contributed by atoms with Crippen molar-refractivity contribution in [2.75, 3.05) is 13.7 Å². The lowest BCUT2D eigenvalue weighted by atomic mass is 9.71. The minimum absolute atomic E-state index is 0.0567. The third-order valence-corrected chi connectivity index (χ3v) is 7.00. The lowest BCUT2D eigenvalue weighted by molar-refractivity contribution is -0.140. The number of methoxy groups -OCH3 is 1. The average Bonchev–Trinajstić information content (AvgIpc) is 2.82. The Morgan fingerprint density at radius 1 is 1.12 bits per heavy atom. The molecule has 0 bridgehead atoms. The molecule has 1 heterocycles. The molecule has 0 spiro atoms. The van der Waals surface area contributed by atoms with Crippen LogP contribution < -0.4 is 10.1 Å². The first-order valence-corrected chi connectivity index (χ1v) is 12.4. The number of carbonyl (C=O) groups is 2. The zero-order valence-corrected chi connectivity index (χ0v) is 21.6. The molecule has 5 nitrogen and oxygen atoms in total. The summed E-state index contributed by atoms with van der Waals surface area (Å²) in [5, 5.41) is 3.41. The zero-order valence-electron chi connectivity index (χ0n) is 20.0. The summed E-state index contributed by atoms with van der Waals surface area (Å²) in [6.45, 7) is 6.21. The van der Waals surface area contributed by atoms with Gasteiger partial charge in [0.25, 0.3) is 0 Å². The van der Waals surface area contributed by atoms with Crippen molar-refractivity contribution in [3.05, 3.63) is 86.7 Å². The molecular formula is C28H30BrNO4. The standard InChI is InChI=1S/C28H30BrNO4/c1-16(2)15-34-28(32)25-17(3)30-22-13-20(18-8-6-5-7-9-18)14-23(31)27(22)26(25)19-10-11-24(33-4)21(29)12-19/h5-12,16,20,26,30H,13-15H2,1-4H3/t20-,26-/m0/s1. The molecular weight excluding hydrogens is 494 g/mol. The highest BCUT2D eigenvalue weighted by atomic mass is 79.9. The quantitative estimate of drug-likeness (QED) is 0.469. The Bertz CT molecular complexity index is 1170. The predicted octanol–water partition coefficient (Wildman–Crippen LogP) is 6.02. The van der Waals surface area contributed by atoms with Crippen molar-refractivity contribution in [2.45, 2.75) is 45.4 Å². The number of allylic oxidation sites excluding steroid dienone is 3. The van der Waals surface area contributed by atoms with Crippen LogP contribution in [-0.4, -0.2) is 25.5 Å². The van der Waals surface area contributed by atoms with E-state index in [0.717, 1.165) is 27.0 Å². The van der Waals surface area contributed by atoms with Gasteiger partial charge in [0.1, 0.15) is 5.75 Å². The highest BCUT2D eigenvalue weighted by molar-refractivity contribution is 9.10. The largest absolute Gasteiger partial charge is 0.496 e. The Morgan fingerprint density at radius 3 is 2.50 bits per heavy atom. The minimum Gasteiger partial charge on any atom is -0.496 e. The maximum absolute atomic E-state index is 13.6. The fraction of sp³-hybridized carbons (Fsp3) is 0.357. The van der Waals surface area contributed by atoms with Gasteiger partial charge in [-0.15, -0.1) is 0 Å². The number of ketones is 1. The van der Waals surface area contributed by atoms with Crippen LogP contribution in [0.5, 0.6) is 5.75 Å². The Labute approximate surface area is 209 Å². The average molecular weight is 524 g/mol. The van der Waals surface area contributed by atoms with Gasteiger partial charge in [0.05, 0.1) is 23.8 Å². The second-order valence-electron chi connectivity index (χ2n) is 9.31. The van der Waals surface area contributed by atoms with Gasteiger partial charge >= 0.3 is 5.97 Å². The molecule has 0 unspecified atom stereocenters. The molecule has 34 heavy (non-hydrogen) atoms. The minimum atomic E-state index is -0.498. The van der Waals surface area contributed by atoms with Gasteiger partial charge < -0.3 is 14.8 Å². The molecule has 6 heteroatoms. The third-order valence-electron chi connectivity index (χ3n) is 6.38. The fourth-order valence-electron chi connectivity index (χ4n) is 4.79. The van der Waals surface area contributed by atoms with Crippen LogP contribution >= 0.6 is 15.9 Å². The highest BCUT2D eigenvalue weighted by Crippen LogP contribution is 2.46. The van der Waals surface area contributed by atoms with E-state index in [2.05, 4.69) is 33.4 Å². The van der Waals surface area contributed by atoms with Crippen molar-refractivity contribution in [3.8, 4) is 5.75 Å². The molecule has 2 aliphatic rings. The van der Waals surface area contributed by atoms with Crippen LogP contribution in [0.25, 0.3) is 0 Å². The van der Waals surface area contributed by atoms with Crippen molar-refractivity contribution >= 4 is 27.7 Å². The molecule has 0 saturated heterocycles. The van der Waals surface area contributed by atoms with E-state index in [0.29, 0.717) is 36.3 Å². The van der Waals surface area contributed by atoms with Crippen molar-refractivity contribution in [2.24, 2.45) is 5.92 Å². The number of benzene rings is 2. The molecule has 0 aromatic heterocycles. The first-order chi connectivity index (χ1) is 16.3. The van der Waals surface area contributed by atoms with Gasteiger partial charge in [0, 0.05) is 29.3 Å². The van der Waals surface area contributed by atoms with E-state index >= 15 is 0 Å². The van der Waals surface area contributed by atoms with Crippen LogP contribution in [0.1, 0.15) is 56.6 Å². The maximum Gasteiger partial charge on any atom is 0.336 e. The van der Waals surface area contributed by atoms with E-state index in [4.69, 9.17) is 9.47 Å². The number of carbonyl (C=O) groups excluding carboxylic acids is 2. The Balaban J connectivity index is 1.79. The summed E-state index contributed by atoms with van der Waals surface area (Å²) in [6.07, 6.45) is 1.12. The SMILES string of the molecule is COc1ccc([C@H]2C(C(=O)OCC(C)C)=C(C)NC3=C2C(=O)C[C@@H](c2ccccc2)C3)cc1Br. The summed E-state index contributed by atoms with van der Waals surface area (Å²) < 4.78 is 11.8. The van der Waals surface area contributed by atoms with Crippen LogP contribution in [0, 0.1) is 5.92 Å². The number of rotatable bonds is 6. The van der Waals surface area contributed by atoms with E-state index in [1.807, 2.05) is 57.2 Å². The number of esters is 1. The van der Waals surface area contributed by atoms with Crippen molar-refractivity contribution < 1.29 is 19.1 Å². The second-order valence-corrected chi connectivity index (χ2v) is 10.2. The van der Waals surface area contributed by atoms with Crippen LogP contribution in [-0.2, 0) is 14.3 Å². The number of ether oxygens (including phenoxy) is 2. The van der Waals surface area contributed by atoms with Gasteiger partial charge in [-0.2, -0.15) is 0 Å². The number of nitrogens with one attached hydrogen (secondary N) is 1. The summed E-state index contributed by atoms with van der Waals surface area (Å²) in [4.78, 5) is 26.9. The number of hydrogen-bond donors (Lipinski definition) is 1. The smallest absolute Gasteiger partial charge is 0.336 e. The highest BCUT2D eigenvalue weighted by Gasteiger charge is 2.41. The molecule has 1 aliphatic carbocycles. The molecule has 1 aliphatic heterocycles. The molecule has 0 amide bonds. The molecule has 178 valence electrons. The lowest BCUT2D eigenvalue weighted by Gasteiger charge is -2.37. The Morgan fingerprint density at radius 2 is 1.85 bits per heavy atom. The summed E-state index contributed by atoms with van der Waals surface area (Å²) >= 11 is 3.57. The predicted molar refractivity (Wildman–Crippen MR) is 136 cm³/mol. The molecule has 2 atom stereocenters. The maximum atomic E-state index is 13.6. The van der Waals surface area contributed by atoms with Crippen LogP contribution in [0.4, 0.5) is 0 Å². The number of dihydropyridines is 1. The van der Waals surface area contributed by atoms with E-state index < -0.39 is 5.92 Å². The monoisotopic (exact) mass is 523 g/mol. The van der Waals surface area contributed by atoms with E-state index in [1.165, 1.54) is 0 Å². The second kappa shape index (κ2) is 10.2. The van der Waals surface area contributed by atoms with Crippen molar-refractivity contribution in [1.29, 1.82) is 0 Å². The number of Topliss-reactive ketones (excluding diaryl/α,β-unsaturated/α-hetero) is 1. The molecule has 4 rings (SSSR count). The number of halogens is 1. The lowest BCUT2D eigenvalue weighted by Crippen LogP contribution is -2.36.